The molecule has 0 atom stereocenters. The standard InChI is InChI=1S/C15H10Br2N2/c16-10-15(12-4-2-1-3-5-12)19(11-18)14-8-6-13(17)7-9-14/h1-10H/b15-10-. The Balaban J connectivity index is 2.42. The zero-order valence-corrected chi connectivity index (χ0v) is 13.1. The molecular formula is C15H10Br2N2. The van der Waals surface area contributed by atoms with Crippen molar-refractivity contribution >= 4 is 43.2 Å². The lowest BCUT2D eigenvalue weighted by Crippen LogP contribution is -2.14. The molecule has 0 fully saturated rings. The van der Waals surface area contributed by atoms with Gasteiger partial charge in [-0.2, -0.15) is 5.26 Å². The van der Waals surface area contributed by atoms with Crippen LogP contribution in [0.1, 0.15) is 5.56 Å². The first kappa shape index (κ1) is 13.9. The first-order valence-corrected chi connectivity index (χ1v) is 7.28. The Morgan fingerprint density at radius 3 is 2.21 bits per heavy atom. The number of rotatable bonds is 3. The second-order valence-corrected chi connectivity index (χ2v) is 5.15. The van der Waals surface area contributed by atoms with Crippen molar-refractivity contribution in [2.45, 2.75) is 0 Å². The van der Waals surface area contributed by atoms with E-state index in [9.17, 15) is 5.26 Å². The molecule has 2 rings (SSSR count). The first-order chi connectivity index (χ1) is 9.26. The third-order valence-corrected chi connectivity index (χ3v) is 3.56. The van der Waals surface area contributed by atoms with E-state index in [4.69, 9.17) is 0 Å². The fourth-order valence-corrected chi connectivity index (χ4v) is 2.42. The van der Waals surface area contributed by atoms with Gasteiger partial charge in [-0.3, -0.25) is 0 Å². The van der Waals surface area contributed by atoms with Crippen LogP contribution < -0.4 is 4.90 Å². The molecule has 0 aromatic heterocycles. The lowest BCUT2D eigenvalue weighted by atomic mass is 10.1. The number of nitriles is 1. The monoisotopic (exact) mass is 376 g/mol. The van der Waals surface area contributed by atoms with E-state index in [0.717, 1.165) is 21.4 Å². The highest BCUT2D eigenvalue weighted by Gasteiger charge is 2.12. The Bertz CT molecular complexity index is 613. The maximum absolute atomic E-state index is 9.41. The molecule has 0 amide bonds. The largest absolute Gasteiger partial charge is 0.247 e. The van der Waals surface area contributed by atoms with Gasteiger partial charge in [0.25, 0.3) is 0 Å². The van der Waals surface area contributed by atoms with Gasteiger partial charge in [0.05, 0.1) is 11.4 Å². The Kier molecular flexibility index (Phi) is 4.78. The summed E-state index contributed by atoms with van der Waals surface area (Å²) in [5.74, 6) is 0. The van der Waals surface area contributed by atoms with Gasteiger partial charge in [0.15, 0.2) is 6.19 Å². The Hall–Kier alpha value is -1.57. The lowest BCUT2D eigenvalue weighted by molar-refractivity contribution is 1.28. The quantitative estimate of drug-likeness (QED) is 0.547. The molecule has 0 radical (unpaired) electrons. The molecule has 0 aliphatic heterocycles. The molecule has 0 aliphatic carbocycles. The molecule has 0 spiro atoms. The van der Waals surface area contributed by atoms with E-state index in [2.05, 4.69) is 38.1 Å². The number of hydrogen-bond donors (Lipinski definition) is 0. The van der Waals surface area contributed by atoms with Crippen molar-refractivity contribution in [3.63, 3.8) is 0 Å². The third-order valence-electron chi connectivity index (χ3n) is 2.60. The number of hydrogen-bond acceptors (Lipinski definition) is 2. The molecule has 0 aliphatic rings. The van der Waals surface area contributed by atoms with Gasteiger partial charge in [-0.05, 0) is 29.8 Å². The molecule has 2 aromatic carbocycles. The Morgan fingerprint density at radius 2 is 1.68 bits per heavy atom. The number of halogens is 2. The average Bonchev–Trinajstić information content (AvgIpc) is 2.47. The first-order valence-electron chi connectivity index (χ1n) is 5.57. The summed E-state index contributed by atoms with van der Waals surface area (Å²) in [6, 6.07) is 17.4. The number of nitrogens with zero attached hydrogens (tertiary/aromatic N) is 2. The highest BCUT2D eigenvalue weighted by atomic mass is 79.9. The summed E-state index contributed by atoms with van der Waals surface area (Å²) in [4.78, 5) is 3.34. The molecule has 0 bridgehead atoms. The summed E-state index contributed by atoms with van der Waals surface area (Å²) in [6.45, 7) is 0. The minimum absolute atomic E-state index is 0.797. The number of benzene rings is 2. The van der Waals surface area contributed by atoms with Crippen LogP contribution in [-0.4, -0.2) is 0 Å². The van der Waals surface area contributed by atoms with Gasteiger partial charge in [-0.1, -0.05) is 62.2 Å². The molecule has 2 aromatic rings. The molecule has 0 unspecified atom stereocenters. The SMILES string of the molecule is N#CN(/C(=C\Br)c1ccccc1)c1ccc(Br)cc1. The van der Waals surface area contributed by atoms with Crippen LogP contribution in [0, 0.1) is 11.5 Å². The normalized spacial score (nSPS) is 10.9. The van der Waals surface area contributed by atoms with E-state index in [1.165, 1.54) is 0 Å². The second kappa shape index (κ2) is 6.55. The predicted molar refractivity (Wildman–Crippen MR) is 85.6 cm³/mol. The fourth-order valence-electron chi connectivity index (χ4n) is 1.69. The van der Waals surface area contributed by atoms with Crippen molar-refractivity contribution in [3.8, 4) is 6.19 Å². The topological polar surface area (TPSA) is 27.0 Å². The molecular weight excluding hydrogens is 368 g/mol. The Morgan fingerprint density at radius 1 is 1.05 bits per heavy atom. The second-order valence-electron chi connectivity index (χ2n) is 3.77. The van der Waals surface area contributed by atoms with E-state index < -0.39 is 0 Å². The van der Waals surface area contributed by atoms with Gasteiger partial charge in [-0.25, -0.2) is 4.90 Å². The molecule has 19 heavy (non-hydrogen) atoms. The fraction of sp³-hybridized carbons (Fsp3) is 0. The van der Waals surface area contributed by atoms with Gasteiger partial charge in [-0.15, -0.1) is 0 Å². The van der Waals surface area contributed by atoms with Crippen LogP contribution in [0.3, 0.4) is 0 Å². The smallest absolute Gasteiger partial charge is 0.189 e. The van der Waals surface area contributed by atoms with Crippen LogP contribution in [0.5, 0.6) is 0 Å². The van der Waals surface area contributed by atoms with Crippen LogP contribution in [0.15, 0.2) is 64.1 Å². The van der Waals surface area contributed by atoms with Gasteiger partial charge >= 0.3 is 0 Å². The molecule has 2 nitrogen and oxygen atoms in total. The molecule has 0 N–H and O–H groups in total. The van der Waals surface area contributed by atoms with Crippen LogP contribution in [-0.2, 0) is 0 Å². The van der Waals surface area contributed by atoms with Crippen molar-refractivity contribution in [3.05, 3.63) is 69.6 Å². The summed E-state index contributed by atoms with van der Waals surface area (Å²) in [5.41, 5.74) is 2.59. The van der Waals surface area contributed by atoms with Crippen LogP contribution >= 0.6 is 31.9 Å². The zero-order valence-electron chi connectivity index (χ0n) is 9.92. The maximum atomic E-state index is 9.41. The van der Waals surface area contributed by atoms with E-state index in [1.807, 2.05) is 54.6 Å². The van der Waals surface area contributed by atoms with E-state index >= 15 is 0 Å². The molecule has 0 saturated heterocycles. The van der Waals surface area contributed by atoms with E-state index in [0.29, 0.717) is 0 Å². The van der Waals surface area contributed by atoms with E-state index in [1.54, 1.807) is 9.89 Å². The highest BCUT2D eigenvalue weighted by molar-refractivity contribution is 9.11. The van der Waals surface area contributed by atoms with Crippen molar-refractivity contribution < 1.29 is 0 Å². The van der Waals surface area contributed by atoms with Gasteiger partial charge in [0.1, 0.15) is 0 Å². The zero-order chi connectivity index (χ0) is 13.7. The van der Waals surface area contributed by atoms with Crippen LogP contribution in [0.25, 0.3) is 5.70 Å². The van der Waals surface area contributed by atoms with Crippen molar-refractivity contribution in [1.82, 2.24) is 0 Å². The van der Waals surface area contributed by atoms with E-state index in [-0.39, 0.29) is 0 Å². The summed E-state index contributed by atoms with van der Waals surface area (Å²) in [7, 11) is 0. The number of anilines is 1. The molecule has 94 valence electrons. The minimum Gasteiger partial charge on any atom is -0.247 e. The summed E-state index contributed by atoms with van der Waals surface area (Å²) >= 11 is 6.73. The van der Waals surface area contributed by atoms with Gasteiger partial charge < -0.3 is 0 Å². The van der Waals surface area contributed by atoms with Gasteiger partial charge in [0.2, 0.25) is 0 Å². The molecule has 0 saturated carbocycles. The summed E-state index contributed by atoms with van der Waals surface area (Å²) < 4.78 is 0.984. The van der Waals surface area contributed by atoms with Crippen LogP contribution in [0.4, 0.5) is 5.69 Å². The molecule has 0 heterocycles. The summed E-state index contributed by atoms with van der Waals surface area (Å²) in [6.07, 6.45) is 2.21. The predicted octanol–water partition coefficient (Wildman–Crippen LogP) is 5.13. The maximum Gasteiger partial charge on any atom is 0.189 e. The summed E-state index contributed by atoms with van der Waals surface area (Å²) in [5, 5.41) is 9.41. The minimum atomic E-state index is 0.797. The van der Waals surface area contributed by atoms with Crippen molar-refractivity contribution in [2.75, 3.05) is 4.90 Å². The molecule has 4 heteroatoms. The average molecular weight is 378 g/mol. The van der Waals surface area contributed by atoms with Crippen molar-refractivity contribution in [1.29, 1.82) is 5.26 Å². The van der Waals surface area contributed by atoms with Crippen LogP contribution in [0.2, 0.25) is 0 Å². The Labute approximate surface area is 129 Å². The third kappa shape index (κ3) is 3.25. The highest BCUT2D eigenvalue weighted by Crippen LogP contribution is 2.27. The lowest BCUT2D eigenvalue weighted by Gasteiger charge is -2.19. The van der Waals surface area contributed by atoms with Crippen molar-refractivity contribution in [2.24, 2.45) is 0 Å². The van der Waals surface area contributed by atoms with Gasteiger partial charge in [0, 0.05) is 9.46 Å².